The van der Waals surface area contributed by atoms with E-state index < -0.39 is 17.3 Å². The van der Waals surface area contributed by atoms with E-state index in [1.165, 1.54) is 47.0 Å². The second-order valence-corrected chi connectivity index (χ2v) is 6.99. The minimum atomic E-state index is -1.51. The quantitative estimate of drug-likeness (QED) is 0.438. The largest absolute Gasteiger partial charge is 0.467 e. The van der Waals surface area contributed by atoms with E-state index >= 15 is 0 Å². The summed E-state index contributed by atoms with van der Waals surface area (Å²) in [5.41, 5.74) is 5.60. The van der Waals surface area contributed by atoms with Crippen LogP contribution in [0.1, 0.15) is 12.5 Å². The summed E-state index contributed by atoms with van der Waals surface area (Å²) in [5, 5.41) is 9.21. The van der Waals surface area contributed by atoms with E-state index in [0.717, 1.165) is 0 Å². The number of hydrogen-bond acceptors (Lipinski definition) is 8. The highest BCUT2D eigenvalue weighted by molar-refractivity contribution is 5.92. The number of carbonyl (C=O) groups excluding carboxylic acids is 1. The highest BCUT2D eigenvalue weighted by atomic mass is 19.1. The maximum absolute atomic E-state index is 14.0. The molecule has 5 rings (SSSR count). The lowest BCUT2D eigenvalue weighted by Crippen LogP contribution is -2.42. The number of furan rings is 1. The van der Waals surface area contributed by atoms with Gasteiger partial charge in [0, 0.05) is 0 Å². The lowest BCUT2D eigenvalue weighted by Gasteiger charge is -2.28. The Morgan fingerprint density at radius 3 is 2.77 bits per heavy atom. The summed E-state index contributed by atoms with van der Waals surface area (Å²) in [6.07, 6.45) is 3.01. The van der Waals surface area contributed by atoms with E-state index in [9.17, 15) is 9.18 Å². The number of fused-ring (bicyclic) bond motifs is 3. The first-order chi connectivity index (χ1) is 14.9. The molecule has 0 amide bonds. The number of rotatable bonds is 4. The second-order valence-electron chi connectivity index (χ2n) is 6.99. The Bertz CT molecular complexity index is 1440. The van der Waals surface area contributed by atoms with Crippen LogP contribution in [0.4, 0.5) is 10.3 Å². The molecule has 156 valence electrons. The zero-order chi connectivity index (χ0) is 21.8. The highest BCUT2D eigenvalue weighted by Gasteiger charge is 2.41. The van der Waals surface area contributed by atoms with Gasteiger partial charge >= 0.3 is 5.97 Å². The molecule has 0 saturated heterocycles. The SMILES string of the molecule is COC(=O)C(C)(c1cccc(F)c1)n1ncc2c1nc(N)n1nc(-c3ccco3)nc21. The van der Waals surface area contributed by atoms with Crippen LogP contribution < -0.4 is 5.73 Å². The van der Waals surface area contributed by atoms with Crippen molar-refractivity contribution in [3.63, 3.8) is 0 Å². The average molecular weight is 421 g/mol. The van der Waals surface area contributed by atoms with Crippen molar-refractivity contribution in [1.29, 1.82) is 0 Å². The molecule has 0 spiro atoms. The number of ether oxygens (including phenoxy) is 1. The summed E-state index contributed by atoms with van der Waals surface area (Å²) in [4.78, 5) is 21.8. The lowest BCUT2D eigenvalue weighted by atomic mass is 9.92. The van der Waals surface area contributed by atoms with Crippen molar-refractivity contribution in [2.75, 3.05) is 12.8 Å². The highest BCUT2D eigenvalue weighted by Crippen LogP contribution is 2.32. The summed E-state index contributed by atoms with van der Waals surface area (Å²) < 4.78 is 27.1. The van der Waals surface area contributed by atoms with Crippen molar-refractivity contribution in [3.05, 3.63) is 60.2 Å². The first-order valence-electron chi connectivity index (χ1n) is 9.22. The number of halogens is 1. The maximum Gasteiger partial charge on any atom is 0.338 e. The summed E-state index contributed by atoms with van der Waals surface area (Å²) in [7, 11) is 1.25. The number of aromatic nitrogens is 6. The smallest absolute Gasteiger partial charge is 0.338 e. The molecule has 1 aromatic carbocycles. The molecule has 0 aliphatic heterocycles. The number of esters is 1. The Balaban J connectivity index is 1.79. The van der Waals surface area contributed by atoms with E-state index in [-0.39, 0.29) is 11.6 Å². The summed E-state index contributed by atoms with van der Waals surface area (Å²) >= 11 is 0. The van der Waals surface area contributed by atoms with E-state index in [1.807, 2.05) is 0 Å². The van der Waals surface area contributed by atoms with Gasteiger partial charge in [0.2, 0.25) is 11.8 Å². The molecule has 0 bridgehead atoms. The van der Waals surface area contributed by atoms with Crippen molar-refractivity contribution in [2.45, 2.75) is 12.5 Å². The Morgan fingerprint density at radius 2 is 2.06 bits per heavy atom. The van der Waals surface area contributed by atoms with Crippen molar-refractivity contribution in [3.8, 4) is 11.6 Å². The molecule has 11 heteroatoms. The number of benzene rings is 1. The zero-order valence-corrected chi connectivity index (χ0v) is 16.5. The molecular weight excluding hydrogens is 405 g/mol. The molecule has 4 aromatic heterocycles. The molecule has 0 fully saturated rings. The summed E-state index contributed by atoms with van der Waals surface area (Å²) in [5.74, 6) is -0.344. The van der Waals surface area contributed by atoms with Crippen LogP contribution in [0.5, 0.6) is 0 Å². The van der Waals surface area contributed by atoms with Crippen LogP contribution in [0.2, 0.25) is 0 Å². The topological polar surface area (TPSA) is 126 Å². The monoisotopic (exact) mass is 421 g/mol. The molecule has 1 atom stereocenters. The molecule has 4 heterocycles. The van der Waals surface area contributed by atoms with E-state index in [1.54, 1.807) is 25.1 Å². The Labute approximate surface area is 174 Å². The number of hydrogen-bond donors (Lipinski definition) is 1. The molecule has 0 saturated carbocycles. The number of carbonyl (C=O) groups is 1. The lowest BCUT2D eigenvalue weighted by molar-refractivity contribution is -0.148. The minimum absolute atomic E-state index is 0.0287. The third kappa shape index (κ3) is 2.66. The van der Waals surface area contributed by atoms with Crippen LogP contribution in [0.3, 0.4) is 0 Å². The minimum Gasteiger partial charge on any atom is -0.467 e. The van der Waals surface area contributed by atoms with Crippen molar-refractivity contribution >= 4 is 28.6 Å². The van der Waals surface area contributed by atoms with Gasteiger partial charge in [0.25, 0.3) is 0 Å². The summed E-state index contributed by atoms with van der Waals surface area (Å²) in [6.45, 7) is 1.57. The third-order valence-electron chi connectivity index (χ3n) is 5.16. The van der Waals surface area contributed by atoms with Gasteiger partial charge in [-0.2, -0.15) is 14.6 Å². The predicted molar refractivity (Wildman–Crippen MR) is 107 cm³/mol. The van der Waals surface area contributed by atoms with Crippen LogP contribution in [0.15, 0.2) is 53.3 Å². The van der Waals surface area contributed by atoms with Crippen molar-refractivity contribution in [1.82, 2.24) is 29.4 Å². The molecular formula is C20H16FN7O3. The second kappa shape index (κ2) is 6.62. The first-order valence-corrected chi connectivity index (χ1v) is 9.22. The van der Waals surface area contributed by atoms with E-state index in [0.29, 0.717) is 28.2 Å². The van der Waals surface area contributed by atoms with Crippen LogP contribution in [-0.2, 0) is 15.1 Å². The van der Waals surface area contributed by atoms with Crippen LogP contribution >= 0.6 is 0 Å². The Morgan fingerprint density at radius 1 is 1.23 bits per heavy atom. The summed E-state index contributed by atoms with van der Waals surface area (Å²) in [6, 6.07) is 9.09. The number of nitrogen functional groups attached to an aromatic ring is 1. The Hall–Kier alpha value is -4.28. The number of nitrogens with zero attached hydrogens (tertiary/aromatic N) is 6. The zero-order valence-electron chi connectivity index (χ0n) is 16.5. The van der Waals surface area contributed by atoms with Gasteiger partial charge in [0.1, 0.15) is 5.82 Å². The fourth-order valence-electron chi connectivity index (χ4n) is 3.56. The molecule has 1 unspecified atom stereocenters. The molecule has 5 aromatic rings. The van der Waals surface area contributed by atoms with Gasteiger partial charge in [-0.05, 0) is 36.8 Å². The van der Waals surface area contributed by atoms with Gasteiger partial charge in [-0.15, -0.1) is 5.10 Å². The van der Waals surface area contributed by atoms with E-state index in [4.69, 9.17) is 14.9 Å². The number of anilines is 1. The van der Waals surface area contributed by atoms with Crippen LogP contribution in [0.25, 0.3) is 28.3 Å². The van der Waals surface area contributed by atoms with Gasteiger partial charge < -0.3 is 14.9 Å². The fraction of sp³-hybridized carbons (Fsp3) is 0.150. The number of nitrogens with two attached hydrogens (primary N) is 1. The van der Waals surface area contributed by atoms with Crippen LogP contribution in [0, 0.1) is 5.82 Å². The predicted octanol–water partition coefficient (Wildman–Crippen LogP) is 2.39. The molecule has 10 nitrogen and oxygen atoms in total. The van der Waals surface area contributed by atoms with Gasteiger partial charge in [-0.3, -0.25) is 0 Å². The van der Waals surface area contributed by atoms with Crippen LogP contribution in [-0.4, -0.2) is 42.4 Å². The average Bonchev–Trinajstić information content (AvgIpc) is 3.51. The maximum atomic E-state index is 14.0. The number of methoxy groups -OCH3 is 1. The standard InChI is InChI=1S/C20H16FN7O3/c1-20(18(29)30-2,11-5-3-6-12(21)9-11)28-17-13(10-23-28)16-24-15(14-7-4-8-31-14)26-27(16)19(22)25-17/h3-10H,1-2H3,(H2,22,25). The van der Waals surface area contributed by atoms with Crippen molar-refractivity contribution in [2.24, 2.45) is 0 Å². The Kier molecular flexibility index (Phi) is 4.00. The molecule has 31 heavy (non-hydrogen) atoms. The van der Waals surface area contributed by atoms with E-state index in [2.05, 4.69) is 20.2 Å². The first kappa shape index (κ1) is 18.7. The van der Waals surface area contributed by atoms with Gasteiger partial charge in [0.05, 0.1) is 25.0 Å². The fourth-order valence-corrected chi connectivity index (χ4v) is 3.56. The molecule has 0 radical (unpaired) electrons. The van der Waals surface area contributed by atoms with Crippen molar-refractivity contribution < 1.29 is 18.3 Å². The van der Waals surface area contributed by atoms with Gasteiger partial charge in [-0.1, -0.05) is 12.1 Å². The van der Waals surface area contributed by atoms with Gasteiger partial charge in [-0.25, -0.2) is 18.9 Å². The molecule has 0 aliphatic rings. The molecule has 0 aliphatic carbocycles. The normalized spacial score (nSPS) is 13.5. The molecule has 2 N–H and O–H groups in total. The van der Waals surface area contributed by atoms with Gasteiger partial charge in [0.15, 0.2) is 22.6 Å². The third-order valence-corrected chi connectivity index (χ3v) is 5.16.